The number of rotatable bonds is 9. The van der Waals surface area contributed by atoms with Gasteiger partial charge in [0.15, 0.2) is 11.5 Å². The Morgan fingerprint density at radius 2 is 1.92 bits per heavy atom. The molecule has 36 heavy (non-hydrogen) atoms. The van der Waals surface area contributed by atoms with Crippen molar-refractivity contribution in [3.8, 4) is 11.5 Å². The fourth-order valence-corrected chi connectivity index (χ4v) is 4.64. The molecule has 0 unspecified atom stereocenters. The number of nitro groups is 2. The summed E-state index contributed by atoms with van der Waals surface area (Å²) in [4.78, 5) is 47.3. The van der Waals surface area contributed by atoms with E-state index in [0.29, 0.717) is 20.7 Å². The molecule has 15 heteroatoms. The van der Waals surface area contributed by atoms with Gasteiger partial charge in [-0.05, 0) is 36.3 Å². The van der Waals surface area contributed by atoms with Crippen LogP contribution in [-0.2, 0) is 9.59 Å². The zero-order valence-electron chi connectivity index (χ0n) is 18.3. The van der Waals surface area contributed by atoms with Crippen LogP contribution in [0.5, 0.6) is 11.5 Å². The van der Waals surface area contributed by atoms with Crippen molar-refractivity contribution >= 4 is 63.3 Å². The molecule has 0 aliphatic carbocycles. The fraction of sp³-hybridized carbons (Fsp3) is 0.190. The maximum Gasteiger partial charge on any atom is 0.300 e. The first-order valence-corrected chi connectivity index (χ1v) is 11.6. The summed E-state index contributed by atoms with van der Waals surface area (Å²) >= 11 is 6.47. The lowest BCUT2D eigenvalue weighted by Gasteiger charge is -2.14. The SMILES string of the molecule is O=C(CCCN1C(=O)/C(=C/c2ccc3c(c2)OCO3)SC1=S)NNc1ccc([N+](=O)[O-])cc1[N+](=O)[O-]. The van der Waals surface area contributed by atoms with Crippen LogP contribution in [0.2, 0.25) is 0 Å². The van der Waals surface area contributed by atoms with Gasteiger partial charge in [0, 0.05) is 19.0 Å². The molecule has 2 N–H and O–H groups in total. The summed E-state index contributed by atoms with van der Waals surface area (Å²) in [5, 5.41) is 22.0. The smallest absolute Gasteiger partial charge is 0.300 e. The Balaban J connectivity index is 1.29. The lowest BCUT2D eigenvalue weighted by molar-refractivity contribution is -0.393. The number of nitrogens with zero attached hydrogens (tertiary/aromatic N) is 3. The van der Waals surface area contributed by atoms with Crippen molar-refractivity contribution in [3.63, 3.8) is 0 Å². The first-order valence-electron chi connectivity index (χ1n) is 10.4. The van der Waals surface area contributed by atoms with Crippen LogP contribution in [0, 0.1) is 20.2 Å². The average Bonchev–Trinajstić information content (AvgIpc) is 3.41. The molecule has 2 aromatic rings. The summed E-state index contributed by atoms with van der Waals surface area (Å²) in [6.07, 6.45) is 1.97. The van der Waals surface area contributed by atoms with E-state index in [9.17, 15) is 29.8 Å². The maximum absolute atomic E-state index is 12.8. The Labute approximate surface area is 212 Å². The van der Waals surface area contributed by atoms with E-state index in [2.05, 4.69) is 10.9 Å². The van der Waals surface area contributed by atoms with Crippen LogP contribution in [0.15, 0.2) is 41.3 Å². The van der Waals surface area contributed by atoms with E-state index >= 15 is 0 Å². The van der Waals surface area contributed by atoms with Gasteiger partial charge < -0.3 is 9.47 Å². The van der Waals surface area contributed by atoms with Gasteiger partial charge in [-0.1, -0.05) is 30.0 Å². The topological polar surface area (TPSA) is 166 Å². The molecule has 0 spiro atoms. The van der Waals surface area contributed by atoms with E-state index in [4.69, 9.17) is 21.7 Å². The van der Waals surface area contributed by atoms with E-state index in [1.807, 2.05) is 0 Å². The Morgan fingerprint density at radius 3 is 2.67 bits per heavy atom. The number of benzene rings is 2. The van der Waals surface area contributed by atoms with Gasteiger partial charge in [-0.3, -0.25) is 45.6 Å². The molecule has 0 atom stereocenters. The predicted molar refractivity (Wildman–Crippen MR) is 133 cm³/mol. The first kappa shape index (κ1) is 24.9. The van der Waals surface area contributed by atoms with E-state index in [-0.39, 0.29) is 37.8 Å². The molecule has 2 aliphatic heterocycles. The molecule has 2 aromatic carbocycles. The largest absolute Gasteiger partial charge is 0.454 e. The van der Waals surface area contributed by atoms with Crippen LogP contribution >= 0.6 is 24.0 Å². The molecular weight excluding hydrogens is 514 g/mol. The number of carbonyl (C=O) groups is 2. The molecule has 0 aromatic heterocycles. The van der Waals surface area contributed by atoms with Gasteiger partial charge >= 0.3 is 5.69 Å². The number of thioether (sulfide) groups is 1. The predicted octanol–water partition coefficient (Wildman–Crippen LogP) is 3.36. The summed E-state index contributed by atoms with van der Waals surface area (Å²) in [6.45, 7) is 0.350. The van der Waals surface area contributed by atoms with Crippen LogP contribution in [-0.4, -0.2) is 44.2 Å². The molecule has 2 aliphatic rings. The third kappa shape index (κ3) is 5.52. The third-order valence-electron chi connectivity index (χ3n) is 5.08. The Morgan fingerprint density at radius 1 is 1.14 bits per heavy atom. The number of thiocarbonyl (C=S) groups is 1. The molecule has 4 rings (SSSR count). The van der Waals surface area contributed by atoms with Gasteiger partial charge in [-0.25, -0.2) is 0 Å². The first-order chi connectivity index (χ1) is 17.2. The molecule has 1 fully saturated rings. The Bertz CT molecular complexity index is 1320. The average molecular weight is 532 g/mol. The van der Waals surface area contributed by atoms with E-state index < -0.39 is 27.1 Å². The highest BCUT2D eigenvalue weighted by atomic mass is 32.2. The van der Waals surface area contributed by atoms with Crippen molar-refractivity contribution in [2.45, 2.75) is 12.8 Å². The maximum atomic E-state index is 12.8. The summed E-state index contributed by atoms with van der Waals surface area (Å²) in [5.41, 5.74) is 4.36. The summed E-state index contributed by atoms with van der Waals surface area (Å²) < 4.78 is 11.0. The second-order valence-corrected chi connectivity index (χ2v) is 9.11. The van der Waals surface area contributed by atoms with Crippen LogP contribution in [0.25, 0.3) is 6.08 Å². The van der Waals surface area contributed by atoms with Gasteiger partial charge in [-0.2, -0.15) is 0 Å². The number of hydrazine groups is 1. The van der Waals surface area contributed by atoms with Crippen LogP contribution in [0.1, 0.15) is 18.4 Å². The number of hydrogen-bond acceptors (Lipinski definition) is 11. The van der Waals surface area contributed by atoms with E-state index in [1.165, 1.54) is 4.90 Å². The van der Waals surface area contributed by atoms with Crippen molar-refractivity contribution in [2.75, 3.05) is 18.8 Å². The minimum absolute atomic E-state index is 0.00789. The van der Waals surface area contributed by atoms with E-state index in [0.717, 1.165) is 35.5 Å². The fourth-order valence-electron chi connectivity index (χ4n) is 3.33. The molecule has 13 nitrogen and oxygen atoms in total. The third-order valence-corrected chi connectivity index (χ3v) is 6.46. The van der Waals surface area contributed by atoms with Crippen LogP contribution in [0.4, 0.5) is 17.1 Å². The second kappa shape index (κ2) is 10.6. The molecule has 2 amide bonds. The zero-order valence-corrected chi connectivity index (χ0v) is 19.9. The number of non-ortho nitro benzene ring substituents is 1. The lowest BCUT2D eigenvalue weighted by atomic mass is 10.2. The monoisotopic (exact) mass is 531 g/mol. The standard InChI is InChI=1S/C21H17N5O8S2/c27-19(23-22-14-5-4-13(25(29)30)10-15(14)26(31)32)2-1-7-24-20(28)18(36-21(24)35)9-12-3-6-16-17(8-12)34-11-33-16/h3-6,8-10,22H,1-2,7,11H2,(H,23,27)/b18-9-. The minimum Gasteiger partial charge on any atom is -0.454 e. The van der Waals surface area contributed by atoms with E-state index in [1.54, 1.807) is 24.3 Å². The second-order valence-electron chi connectivity index (χ2n) is 7.44. The normalized spacial score (nSPS) is 15.3. The van der Waals surface area contributed by atoms with Crippen molar-refractivity contribution in [1.82, 2.24) is 10.3 Å². The number of anilines is 1. The Hall–Kier alpha value is -4.24. The lowest BCUT2D eigenvalue weighted by Crippen LogP contribution is -2.32. The van der Waals surface area contributed by atoms with Crippen LogP contribution in [0.3, 0.4) is 0 Å². The van der Waals surface area contributed by atoms with Gasteiger partial charge in [-0.15, -0.1) is 0 Å². The highest BCUT2D eigenvalue weighted by molar-refractivity contribution is 8.26. The number of nitrogens with one attached hydrogen (secondary N) is 2. The molecular formula is C21H17N5O8S2. The highest BCUT2D eigenvalue weighted by Crippen LogP contribution is 2.36. The molecule has 0 radical (unpaired) electrons. The van der Waals surface area contributed by atoms with Crippen molar-refractivity contribution < 1.29 is 28.9 Å². The number of ether oxygens (including phenoxy) is 2. The molecule has 0 bridgehead atoms. The van der Waals surface area contributed by atoms with Gasteiger partial charge in [0.05, 0.1) is 20.8 Å². The number of amides is 2. The van der Waals surface area contributed by atoms with Crippen molar-refractivity contribution in [2.24, 2.45) is 0 Å². The number of fused-ring (bicyclic) bond motifs is 1. The Kier molecular flexibility index (Phi) is 7.30. The van der Waals surface area contributed by atoms with Gasteiger partial charge in [0.2, 0.25) is 12.7 Å². The molecule has 1 saturated heterocycles. The summed E-state index contributed by atoms with van der Waals surface area (Å²) in [7, 11) is 0. The number of hydrogen-bond donors (Lipinski definition) is 2. The van der Waals surface area contributed by atoms with Gasteiger partial charge in [0.25, 0.3) is 11.6 Å². The minimum atomic E-state index is -0.798. The molecule has 0 saturated carbocycles. The van der Waals surface area contributed by atoms with Gasteiger partial charge in [0.1, 0.15) is 10.0 Å². The molecule has 186 valence electrons. The summed E-state index contributed by atoms with van der Waals surface area (Å²) in [6, 6.07) is 8.32. The number of nitro benzene ring substituents is 2. The highest BCUT2D eigenvalue weighted by Gasteiger charge is 2.32. The molecule has 2 heterocycles. The zero-order chi connectivity index (χ0) is 25.8. The van der Waals surface area contributed by atoms with Crippen LogP contribution < -0.4 is 20.3 Å². The van der Waals surface area contributed by atoms with Crippen molar-refractivity contribution in [1.29, 1.82) is 0 Å². The summed E-state index contributed by atoms with van der Waals surface area (Å²) in [5.74, 6) is 0.459. The quantitative estimate of drug-likeness (QED) is 0.211. The number of carbonyl (C=O) groups excluding carboxylic acids is 2. The van der Waals surface area contributed by atoms with Crippen molar-refractivity contribution in [3.05, 3.63) is 67.1 Å².